The summed E-state index contributed by atoms with van der Waals surface area (Å²) in [7, 11) is 0. The average molecular weight is 462 g/mol. The molecule has 10 heteroatoms. The maximum Gasteiger partial charge on any atom is 0.386 e. The first-order chi connectivity index (χ1) is 16.2. The zero-order chi connectivity index (χ0) is 24.3. The molecule has 1 aromatic carbocycles. The normalized spacial score (nSPS) is 15.4. The summed E-state index contributed by atoms with van der Waals surface area (Å²) in [5.41, 5.74) is 7.29. The molecule has 0 radical (unpaired) electrons. The molecule has 2 heterocycles. The van der Waals surface area contributed by atoms with E-state index in [0.29, 0.717) is 12.4 Å². The molecule has 3 aromatic rings. The number of nitrogens with two attached hydrogens (primary N) is 1. The minimum absolute atomic E-state index is 0.103. The van der Waals surface area contributed by atoms with Crippen LogP contribution in [0.2, 0.25) is 0 Å². The highest BCUT2D eigenvalue weighted by molar-refractivity contribution is 6.04. The number of nitrogen functional groups attached to an aromatic ring is 1. The van der Waals surface area contributed by atoms with Crippen LogP contribution in [0, 0.1) is 5.41 Å². The Morgan fingerprint density at radius 3 is 2.29 bits per heavy atom. The Balaban J connectivity index is 1.50. The summed E-state index contributed by atoms with van der Waals surface area (Å²) in [4.78, 5) is 20.8. The van der Waals surface area contributed by atoms with Gasteiger partial charge >= 0.3 is 5.90 Å². The zero-order valence-electron chi connectivity index (χ0n) is 19.2. The van der Waals surface area contributed by atoms with E-state index in [0.717, 1.165) is 36.0 Å². The van der Waals surface area contributed by atoms with Gasteiger partial charge in [-0.2, -0.15) is 0 Å². The maximum absolute atomic E-state index is 9.81. The highest BCUT2D eigenvalue weighted by Gasteiger charge is 2.43. The van der Waals surface area contributed by atoms with Crippen molar-refractivity contribution >= 4 is 23.5 Å². The minimum Gasteiger partial charge on any atom is -0.577 e. The first-order valence-electron chi connectivity index (χ1n) is 11.0. The van der Waals surface area contributed by atoms with E-state index in [9.17, 15) is 5.11 Å². The van der Waals surface area contributed by atoms with E-state index in [-0.39, 0.29) is 23.4 Å². The molecule has 2 aromatic heterocycles. The van der Waals surface area contributed by atoms with Gasteiger partial charge in [0.25, 0.3) is 0 Å². The third kappa shape index (κ3) is 5.01. The maximum atomic E-state index is 9.81. The summed E-state index contributed by atoms with van der Waals surface area (Å²) in [5.74, 6) is 0.776. The van der Waals surface area contributed by atoms with Crippen molar-refractivity contribution in [3.63, 3.8) is 0 Å². The zero-order valence-corrected chi connectivity index (χ0v) is 19.2. The highest BCUT2D eigenvalue weighted by Crippen LogP contribution is 2.45. The van der Waals surface area contributed by atoms with E-state index in [4.69, 9.17) is 16.2 Å². The lowest BCUT2D eigenvalue weighted by Crippen LogP contribution is -2.41. The van der Waals surface area contributed by atoms with Gasteiger partial charge in [-0.05, 0) is 37.8 Å². The van der Waals surface area contributed by atoms with Crippen molar-refractivity contribution in [2.24, 2.45) is 4.99 Å². The molecule has 0 unspecified atom stereocenters. The number of aromatic nitrogens is 4. The molecule has 1 saturated carbocycles. The predicted molar refractivity (Wildman–Crippen MR) is 132 cm³/mol. The second-order valence-electron chi connectivity index (χ2n) is 9.10. The van der Waals surface area contributed by atoms with Crippen LogP contribution in [0.25, 0.3) is 11.1 Å². The molecule has 7 N–H and O–H groups in total. The van der Waals surface area contributed by atoms with Crippen molar-refractivity contribution in [1.82, 2.24) is 19.9 Å². The lowest BCUT2D eigenvalue weighted by Gasteiger charge is -2.41. The topological polar surface area (TPSA) is 169 Å². The lowest BCUT2D eigenvalue weighted by molar-refractivity contribution is 0.0944. The second-order valence-corrected chi connectivity index (χ2v) is 9.10. The molecule has 0 aliphatic heterocycles. The fraction of sp³-hybridized carbons (Fsp3) is 0.333. The Hall–Kier alpha value is -3.92. The van der Waals surface area contributed by atoms with Crippen molar-refractivity contribution in [1.29, 1.82) is 5.41 Å². The number of amidine groups is 1. The molecule has 176 valence electrons. The summed E-state index contributed by atoms with van der Waals surface area (Å²) in [6, 6.07) is 7.96. The van der Waals surface area contributed by atoms with Crippen molar-refractivity contribution in [3.05, 3.63) is 60.3 Å². The average Bonchev–Trinajstić information content (AvgIpc) is 2.78. The SMILES string of the molecule is CC(C)(O)CNc1cnc(C([OH2+])=NC(=N)C2(c3ccc(-c4cnc(N)nc4)cc3)CCC2)cn1. The lowest BCUT2D eigenvalue weighted by atomic mass is 9.63. The smallest absolute Gasteiger partial charge is 0.386 e. The minimum atomic E-state index is -0.879. The van der Waals surface area contributed by atoms with E-state index >= 15 is 0 Å². The fourth-order valence-corrected chi connectivity index (χ4v) is 3.79. The van der Waals surface area contributed by atoms with Crippen molar-refractivity contribution < 1.29 is 10.2 Å². The summed E-state index contributed by atoms with van der Waals surface area (Å²) in [5, 5.41) is 29.8. The summed E-state index contributed by atoms with van der Waals surface area (Å²) in [6.45, 7) is 3.70. The quantitative estimate of drug-likeness (QED) is 0.237. The Bertz CT molecular complexity index is 1180. The number of nitrogens with zero attached hydrogens (tertiary/aromatic N) is 5. The van der Waals surface area contributed by atoms with Gasteiger partial charge in [-0.3, -0.25) is 5.41 Å². The van der Waals surface area contributed by atoms with Crippen LogP contribution in [0.15, 0.2) is 54.0 Å². The number of aliphatic imine (C=N–C) groups is 1. The van der Waals surface area contributed by atoms with Gasteiger partial charge in [-0.15, -0.1) is 4.99 Å². The van der Waals surface area contributed by atoms with Crippen molar-refractivity contribution in [2.45, 2.75) is 44.1 Å². The Morgan fingerprint density at radius 2 is 1.76 bits per heavy atom. The second kappa shape index (κ2) is 9.14. The Labute approximate surface area is 197 Å². The van der Waals surface area contributed by atoms with Crippen LogP contribution in [-0.4, -0.2) is 54.0 Å². The number of nitrogens with one attached hydrogen (secondary N) is 2. The van der Waals surface area contributed by atoms with Crippen LogP contribution in [0.3, 0.4) is 0 Å². The van der Waals surface area contributed by atoms with Crippen LogP contribution in [0.4, 0.5) is 11.8 Å². The fourth-order valence-electron chi connectivity index (χ4n) is 3.79. The summed E-state index contributed by atoms with van der Waals surface area (Å²) in [6.07, 6.45) is 8.91. The molecule has 0 saturated heterocycles. The van der Waals surface area contributed by atoms with Crippen LogP contribution in [-0.2, 0) is 5.41 Å². The van der Waals surface area contributed by atoms with Gasteiger partial charge in [0.1, 0.15) is 11.7 Å². The van der Waals surface area contributed by atoms with Crippen LogP contribution >= 0.6 is 0 Å². The van der Waals surface area contributed by atoms with E-state index in [1.807, 2.05) is 24.3 Å². The molecule has 10 nitrogen and oxygen atoms in total. The molecule has 0 atom stereocenters. The highest BCUT2D eigenvalue weighted by atomic mass is 16.3. The summed E-state index contributed by atoms with van der Waals surface area (Å²) < 4.78 is 0. The largest absolute Gasteiger partial charge is 0.577 e. The molecule has 1 aliphatic rings. The van der Waals surface area contributed by atoms with Gasteiger partial charge < -0.3 is 21.3 Å². The number of hydrogen-bond acceptors (Lipinski definition) is 8. The predicted octanol–water partition coefficient (Wildman–Crippen LogP) is 2.27. The standard InChI is InChI=1S/C24H28N8O2/c1-23(2,34)14-31-19-13-27-18(12-28-19)20(33)32-21(25)24(8-3-9-24)17-6-4-15(5-7-17)16-10-29-22(26)30-11-16/h4-7,10-13,34H,3,8-9,14H2,1-2H3,(H,28,31)(H2,25,32,33)(H2,26,29,30)/p+1. The molecule has 1 aliphatic carbocycles. The first kappa shape index (κ1) is 23.2. The third-order valence-electron chi connectivity index (χ3n) is 5.92. The Kier molecular flexibility index (Phi) is 6.25. The van der Waals surface area contributed by atoms with Crippen molar-refractivity contribution in [3.8, 4) is 11.1 Å². The third-order valence-corrected chi connectivity index (χ3v) is 5.92. The number of hydrogen-bond donors (Lipinski definition) is 4. The van der Waals surface area contributed by atoms with Gasteiger partial charge in [0, 0.05) is 24.5 Å². The molecular weight excluding hydrogens is 432 g/mol. The molecule has 4 rings (SSSR count). The van der Waals surface area contributed by atoms with Gasteiger partial charge in [0.15, 0.2) is 5.69 Å². The van der Waals surface area contributed by atoms with E-state index in [2.05, 4.69) is 30.2 Å². The molecule has 34 heavy (non-hydrogen) atoms. The van der Waals surface area contributed by atoms with Gasteiger partial charge in [-0.25, -0.2) is 19.9 Å². The van der Waals surface area contributed by atoms with Crippen molar-refractivity contribution in [2.75, 3.05) is 17.6 Å². The molecule has 0 bridgehead atoms. The van der Waals surface area contributed by atoms with E-state index in [1.165, 1.54) is 12.4 Å². The monoisotopic (exact) mass is 461 g/mol. The van der Waals surface area contributed by atoms with Gasteiger partial charge in [0.2, 0.25) is 5.95 Å². The number of aliphatic hydroxyl groups is 1. The number of anilines is 2. The van der Waals surface area contributed by atoms with E-state index < -0.39 is 11.0 Å². The molecular formula is C24H29N8O2+. The number of rotatable bonds is 7. The first-order valence-corrected chi connectivity index (χ1v) is 11.0. The molecule has 0 spiro atoms. The van der Waals surface area contributed by atoms with Gasteiger partial charge in [0.05, 0.1) is 23.4 Å². The van der Waals surface area contributed by atoms with E-state index in [1.54, 1.807) is 26.2 Å². The van der Waals surface area contributed by atoms with Crippen LogP contribution in [0.1, 0.15) is 44.4 Å². The summed E-state index contributed by atoms with van der Waals surface area (Å²) >= 11 is 0. The van der Waals surface area contributed by atoms with Crippen LogP contribution in [0.5, 0.6) is 0 Å². The van der Waals surface area contributed by atoms with Crippen LogP contribution < -0.4 is 11.1 Å². The van der Waals surface area contributed by atoms with Gasteiger partial charge in [-0.1, -0.05) is 30.7 Å². The molecule has 1 fully saturated rings. The Morgan fingerprint density at radius 1 is 1.09 bits per heavy atom. The molecule has 0 amide bonds. The number of benzene rings is 1.